The summed E-state index contributed by atoms with van der Waals surface area (Å²) < 4.78 is 0.713. The standard InChI is InChI=1S/C15H20BrN3O2/c1-10(2)14(20)18-11-5-8-19(9-6-11)15(21)13-12(16)4-3-7-17-13/h3-4,7,10-11H,5-6,8-9H2,1-2H3,(H,18,20). The van der Waals surface area contributed by atoms with E-state index in [9.17, 15) is 9.59 Å². The number of piperidine rings is 1. The zero-order valence-corrected chi connectivity index (χ0v) is 13.9. The fourth-order valence-electron chi connectivity index (χ4n) is 2.29. The van der Waals surface area contributed by atoms with E-state index in [1.165, 1.54) is 0 Å². The van der Waals surface area contributed by atoms with Crippen molar-refractivity contribution in [1.29, 1.82) is 0 Å². The molecule has 2 amide bonds. The SMILES string of the molecule is CC(C)C(=O)NC1CCN(C(=O)c2ncccc2Br)CC1. The van der Waals surface area contributed by atoms with Gasteiger partial charge in [0.1, 0.15) is 5.69 Å². The summed E-state index contributed by atoms with van der Waals surface area (Å²) in [6, 6.07) is 3.76. The van der Waals surface area contributed by atoms with Gasteiger partial charge in [-0.25, -0.2) is 4.98 Å². The van der Waals surface area contributed by atoms with Crippen LogP contribution in [0.3, 0.4) is 0 Å². The Morgan fingerprint density at radius 3 is 2.62 bits per heavy atom. The molecule has 0 atom stereocenters. The monoisotopic (exact) mass is 353 g/mol. The summed E-state index contributed by atoms with van der Waals surface area (Å²) in [5.74, 6) is 0.0116. The molecule has 2 rings (SSSR count). The van der Waals surface area contributed by atoms with Crippen molar-refractivity contribution in [2.75, 3.05) is 13.1 Å². The van der Waals surface area contributed by atoms with E-state index < -0.39 is 0 Å². The van der Waals surface area contributed by atoms with Crippen LogP contribution in [-0.4, -0.2) is 40.8 Å². The molecule has 21 heavy (non-hydrogen) atoms. The van der Waals surface area contributed by atoms with Gasteiger partial charge in [0.2, 0.25) is 5.91 Å². The first-order valence-corrected chi connectivity index (χ1v) is 7.98. The molecular formula is C15H20BrN3O2. The molecule has 0 aromatic carbocycles. The number of amides is 2. The van der Waals surface area contributed by atoms with Crippen molar-refractivity contribution in [3.63, 3.8) is 0 Å². The summed E-state index contributed by atoms with van der Waals surface area (Å²) in [4.78, 5) is 30.0. The molecular weight excluding hydrogens is 334 g/mol. The van der Waals surface area contributed by atoms with Crippen molar-refractivity contribution >= 4 is 27.7 Å². The van der Waals surface area contributed by atoms with Crippen molar-refractivity contribution in [2.24, 2.45) is 5.92 Å². The summed E-state index contributed by atoms with van der Waals surface area (Å²) in [7, 11) is 0. The number of hydrogen-bond donors (Lipinski definition) is 1. The van der Waals surface area contributed by atoms with E-state index in [2.05, 4.69) is 26.2 Å². The second-order valence-corrected chi connectivity index (χ2v) is 6.42. The van der Waals surface area contributed by atoms with E-state index in [1.807, 2.05) is 19.9 Å². The van der Waals surface area contributed by atoms with Crippen molar-refractivity contribution in [3.05, 3.63) is 28.5 Å². The second kappa shape index (κ2) is 7.02. The van der Waals surface area contributed by atoms with E-state index in [-0.39, 0.29) is 23.8 Å². The average Bonchev–Trinajstić information content (AvgIpc) is 2.47. The molecule has 0 radical (unpaired) electrons. The Kier molecular flexibility index (Phi) is 5.33. The van der Waals surface area contributed by atoms with Crippen LogP contribution in [0.2, 0.25) is 0 Å². The summed E-state index contributed by atoms with van der Waals surface area (Å²) in [6.07, 6.45) is 3.19. The number of carbonyl (C=O) groups excluding carboxylic acids is 2. The van der Waals surface area contributed by atoms with E-state index in [1.54, 1.807) is 17.2 Å². The Balaban J connectivity index is 1.91. The lowest BCUT2D eigenvalue weighted by atomic mass is 10.0. The van der Waals surface area contributed by atoms with Gasteiger partial charge in [-0.05, 0) is 40.9 Å². The molecule has 1 aliphatic heterocycles. The number of hydrogen-bond acceptors (Lipinski definition) is 3. The van der Waals surface area contributed by atoms with Gasteiger partial charge >= 0.3 is 0 Å². The molecule has 1 aliphatic rings. The molecule has 1 fully saturated rings. The molecule has 0 spiro atoms. The van der Waals surface area contributed by atoms with Gasteiger partial charge in [0.25, 0.3) is 5.91 Å². The van der Waals surface area contributed by atoms with Gasteiger partial charge in [0.05, 0.1) is 0 Å². The van der Waals surface area contributed by atoms with Crippen LogP contribution < -0.4 is 5.32 Å². The van der Waals surface area contributed by atoms with E-state index >= 15 is 0 Å². The first-order valence-electron chi connectivity index (χ1n) is 7.19. The minimum absolute atomic E-state index is 0.00543. The van der Waals surface area contributed by atoms with Gasteiger partial charge in [0.15, 0.2) is 0 Å². The highest BCUT2D eigenvalue weighted by Gasteiger charge is 2.26. The molecule has 1 aromatic rings. The summed E-state index contributed by atoms with van der Waals surface area (Å²) in [5.41, 5.74) is 0.446. The lowest BCUT2D eigenvalue weighted by Gasteiger charge is -2.32. The highest BCUT2D eigenvalue weighted by molar-refractivity contribution is 9.10. The van der Waals surface area contributed by atoms with E-state index in [0.717, 1.165) is 12.8 Å². The molecule has 2 heterocycles. The first-order chi connectivity index (χ1) is 9.99. The van der Waals surface area contributed by atoms with Crippen LogP contribution in [0, 0.1) is 5.92 Å². The number of nitrogens with one attached hydrogen (secondary N) is 1. The highest BCUT2D eigenvalue weighted by atomic mass is 79.9. The summed E-state index contributed by atoms with van der Waals surface area (Å²) in [5, 5.41) is 3.03. The Bertz CT molecular complexity index is 525. The molecule has 5 nitrogen and oxygen atoms in total. The smallest absolute Gasteiger partial charge is 0.273 e. The minimum Gasteiger partial charge on any atom is -0.353 e. The van der Waals surface area contributed by atoms with Crippen LogP contribution in [0.4, 0.5) is 0 Å². The third kappa shape index (κ3) is 4.03. The summed E-state index contributed by atoms with van der Waals surface area (Å²) >= 11 is 3.36. The largest absolute Gasteiger partial charge is 0.353 e. The fourth-order valence-corrected chi connectivity index (χ4v) is 2.71. The highest BCUT2D eigenvalue weighted by Crippen LogP contribution is 2.18. The first kappa shape index (κ1) is 15.9. The molecule has 1 aromatic heterocycles. The number of nitrogens with zero attached hydrogens (tertiary/aromatic N) is 2. The topological polar surface area (TPSA) is 62.3 Å². The van der Waals surface area contributed by atoms with Gasteiger partial charge in [-0.15, -0.1) is 0 Å². The Morgan fingerprint density at radius 1 is 1.38 bits per heavy atom. The molecule has 1 saturated heterocycles. The van der Waals surface area contributed by atoms with Crippen molar-refractivity contribution in [1.82, 2.24) is 15.2 Å². The third-order valence-corrected chi connectivity index (χ3v) is 4.25. The van der Waals surface area contributed by atoms with Crippen molar-refractivity contribution in [2.45, 2.75) is 32.7 Å². The Morgan fingerprint density at radius 2 is 2.05 bits per heavy atom. The second-order valence-electron chi connectivity index (χ2n) is 5.56. The van der Waals surface area contributed by atoms with E-state index in [0.29, 0.717) is 23.3 Å². The summed E-state index contributed by atoms with van der Waals surface area (Å²) in [6.45, 7) is 5.05. The van der Waals surface area contributed by atoms with Crippen LogP contribution in [-0.2, 0) is 4.79 Å². The molecule has 0 bridgehead atoms. The van der Waals surface area contributed by atoms with Crippen molar-refractivity contribution in [3.8, 4) is 0 Å². The van der Waals surface area contributed by atoms with Gasteiger partial charge < -0.3 is 10.2 Å². The zero-order valence-electron chi connectivity index (χ0n) is 12.3. The average molecular weight is 354 g/mol. The molecule has 114 valence electrons. The zero-order chi connectivity index (χ0) is 15.4. The number of carbonyl (C=O) groups is 2. The number of halogens is 1. The third-order valence-electron chi connectivity index (χ3n) is 3.61. The maximum atomic E-state index is 12.4. The number of likely N-dealkylation sites (tertiary alicyclic amines) is 1. The lowest BCUT2D eigenvalue weighted by Crippen LogP contribution is -2.47. The van der Waals surface area contributed by atoms with Crippen LogP contribution in [0.1, 0.15) is 37.2 Å². The number of pyridine rings is 1. The van der Waals surface area contributed by atoms with Crippen LogP contribution in [0.15, 0.2) is 22.8 Å². The molecule has 6 heteroatoms. The van der Waals surface area contributed by atoms with Crippen molar-refractivity contribution < 1.29 is 9.59 Å². The van der Waals surface area contributed by atoms with Crippen LogP contribution in [0.5, 0.6) is 0 Å². The Labute approximate surface area is 133 Å². The quantitative estimate of drug-likeness (QED) is 0.906. The molecule has 0 saturated carbocycles. The minimum atomic E-state index is -0.0592. The number of rotatable bonds is 3. The molecule has 0 unspecified atom stereocenters. The number of aromatic nitrogens is 1. The molecule has 1 N–H and O–H groups in total. The predicted molar refractivity (Wildman–Crippen MR) is 83.8 cm³/mol. The normalized spacial score (nSPS) is 16.1. The Hall–Kier alpha value is -1.43. The molecule has 0 aliphatic carbocycles. The maximum Gasteiger partial charge on any atom is 0.273 e. The van der Waals surface area contributed by atoms with Gasteiger partial charge in [-0.2, -0.15) is 0 Å². The van der Waals surface area contributed by atoms with Crippen LogP contribution in [0.25, 0.3) is 0 Å². The predicted octanol–water partition coefficient (Wildman–Crippen LogP) is 2.22. The lowest BCUT2D eigenvalue weighted by molar-refractivity contribution is -0.124. The van der Waals surface area contributed by atoms with Gasteiger partial charge in [0, 0.05) is 35.7 Å². The van der Waals surface area contributed by atoms with Gasteiger partial charge in [-0.3, -0.25) is 9.59 Å². The maximum absolute atomic E-state index is 12.4. The van der Waals surface area contributed by atoms with Crippen LogP contribution >= 0.6 is 15.9 Å². The van der Waals surface area contributed by atoms with E-state index in [4.69, 9.17) is 0 Å². The van der Waals surface area contributed by atoms with Gasteiger partial charge in [-0.1, -0.05) is 13.8 Å². The fraction of sp³-hybridized carbons (Fsp3) is 0.533.